The van der Waals surface area contributed by atoms with Gasteiger partial charge in [0, 0.05) is 21.5 Å². The maximum absolute atomic E-state index is 10.4. The fourth-order valence-corrected chi connectivity index (χ4v) is 10.5. The van der Waals surface area contributed by atoms with E-state index >= 15 is 0 Å². The average molecular weight is 480 g/mol. The predicted molar refractivity (Wildman–Crippen MR) is 148 cm³/mol. The Balaban J connectivity index is 1.57. The van der Waals surface area contributed by atoms with Crippen LogP contribution in [0.25, 0.3) is 38.1 Å². The van der Waals surface area contributed by atoms with Crippen LogP contribution >= 0.6 is 0 Å². The van der Waals surface area contributed by atoms with E-state index in [1.165, 1.54) is 75.0 Å². The third-order valence-electron chi connectivity index (χ3n) is 11.6. The number of benzene rings is 3. The van der Waals surface area contributed by atoms with Gasteiger partial charge in [-0.2, -0.15) is 10.5 Å². The van der Waals surface area contributed by atoms with Crippen LogP contribution in [0.5, 0.6) is 0 Å². The van der Waals surface area contributed by atoms with E-state index in [1.807, 2.05) is 0 Å². The van der Waals surface area contributed by atoms with Crippen LogP contribution in [-0.4, -0.2) is 4.40 Å². The molecular formula is C34H29N3. The van der Waals surface area contributed by atoms with Gasteiger partial charge in [-0.25, -0.2) is 0 Å². The molecule has 4 unspecified atom stereocenters. The van der Waals surface area contributed by atoms with Gasteiger partial charge >= 0.3 is 0 Å². The summed E-state index contributed by atoms with van der Waals surface area (Å²) in [6.07, 6.45) is 6.97. The van der Waals surface area contributed by atoms with Crippen LogP contribution in [0.3, 0.4) is 0 Å². The van der Waals surface area contributed by atoms with Crippen molar-refractivity contribution < 1.29 is 0 Å². The molecule has 2 fully saturated rings. The lowest BCUT2D eigenvalue weighted by atomic mass is 9.74. The van der Waals surface area contributed by atoms with Crippen molar-refractivity contribution in [2.24, 2.45) is 0 Å². The number of hydrogen-bond donors (Lipinski definition) is 0. The minimum Gasteiger partial charge on any atom is -0.308 e. The summed E-state index contributed by atoms with van der Waals surface area (Å²) >= 11 is 0. The molecule has 4 aliphatic carbocycles. The molecule has 0 spiro atoms. The summed E-state index contributed by atoms with van der Waals surface area (Å²) in [4.78, 5) is 0. The molecule has 0 amide bonds. The zero-order valence-corrected chi connectivity index (χ0v) is 22.0. The van der Waals surface area contributed by atoms with E-state index in [2.05, 4.69) is 74.6 Å². The predicted octanol–water partition coefficient (Wildman–Crippen LogP) is 8.01. The van der Waals surface area contributed by atoms with E-state index < -0.39 is 0 Å². The molecule has 0 radical (unpaired) electrons. The van der Waals surface area contributed by atoms with Crippen molar-refractivity contribution in [3.63, 3.8) is 0 Å². The normalized spacial score (nSPS) is 33.1. The number of aromatic nitrogens is 1. The Hall–Kier alpha value is -3.56. The molecule has 2 aromatic heterocycles. The van der Waals surface area contributed by atoms with Crippen LogP contribution in [0.15, 0.2) is 30.3 Å². The molecule has 37 heavy (non-hydrogen) atoms. The second-order valence-corrected chi connectivity index (χ2v) is 14.0. The van der Waals surface area contributed by atoms with Gasteiger partial charge in [0.2, 0.25) is 0 Å². The van der Waals surface area contributed by atoms with Crippen molar-refractivity contribution in [3.05, 3.63) is 63.7 Å². The van der Waals surface area contributed by atoms with E-state index in [9.17, 15) is 10.5 Å². The number of hydrogen-bond acceptors (Lipinski definition) is 2. The number of para-hydroxylation sites is 1. The fourth-order valence-electron chi connectivity index (χ4n) is 10.5. The molecule has 5 aromatic rings. The van der Waals surface area contributed by atoms with Crippen molar-refractivity contribution in [2.75, 3.05) is 0 Å². The van der Waals surface area contributed by atoms with Gasteiger partial charge in [-0.1, -0.05) is 45.9 Å². The smallest absolute Gasteiger partial charge is 0.0995 e. The third kappa shape index (κ3) is 1.94. The molecule has 2 saturated carbocycles. The highest BCUT2D eigenvalue weighted by atomic mass is 14.9. The van der Waals surface area contributed by atoms with Crippen LogP contribution in [0.1, 0.15) is 99.6 Å². The van der Waals surface area contributed by atoms with Gasteiger partial charge in [0.15, 0.2) is 0 Å². The highest BCUT2D eigenvalue weighted by molar-refractivity contribution is 6.25. The summed E-state index contributed by atoms with van der Waals surface area (Å²) in [7, 11) is 0. The van der Waals surface area contributed by atoms with Crippen LogP contribution in [0, 0.1) is 22.7 Å². The summed E-state index contributed by atoms with van der Waals surface area (Å²) in [5.74, 6) is 0. The van der Waals surface area contributed by atoms with E-state index in [0.29, 0.717) is 0 Å². The minimum absolute atomic E-state index is 0.0927. The van der Waals surface area contributed by atoms with Crippen LogP contribution in [0.4, 0.5) is 0 Å². The first-order valence-corrected chi connectivity index (χ1v) is 13.8. The molecule has 0 saturated heterocycles. The van der Waals surface area contributed by atoms with Gasteiger partial charge < -0.3 is 4.40 Å². The maximum atomic E-state index is 10.4. The van der Waals surface area contributed by atoms with Gasteiger partial charge in [-0.15, -0.1) is 0 Å². The fraction of sp³-hybridized carbons (Fsp3) is 0.412. The first kappa shape index (κ1) is 20.5. The standard InChI is InChI=1S/C34H29N3/c1-31-8-10-33(3,16-31)28-24-20-6-5-7-21-25-23(37(30(20)21)22(24)12-18(14-35)26(28)31)13-19(15-36)27-29(25)34(4)11-9-32(27,2)17-34/h5-7,12-13H,8-11,16-17H2,1-4H3. The van der Waals surface area contributed by atoms with Gasteiger partial charge in [0.05, 0.1) is 39.8 Å². The first-order valence-electron chi connectivity index (χ1n) is 13.8. The van der Waals surface area contributed by atoms with Crippen molar-refractivity contribution in [1.29, 1.82) is 10.5 Å². The number of fused-ring (bicyclic) bond motifs is 18. The van der Waals surface area contributed by atoms with Gasteiger partial charge in [0.1, 0.15) is 0 Å². The Morgan fingerprint density at radius 1 is 0.649 bits per heavy atom. The lowest BCUT2D eigenvalue weighted by molar-refractivity contribution is 0.484. The van der Waals surface area contributed by atoms with Gasteiger partial charge in [-0.3, -0.25) is 0 Å². The quantitative estimate of drug-likeness (QED) is 0.226. The van der Waals surface area contributed by atoms with Gasteiger partial charge in [-0.05, 0) is 94.6 Å². The molecule has 0 N–H and O–H groups in total. The van der Waals surface area contributed by atoms with Crippen LogP contribution in [0.2, 0.25) is 0 Å². The minimum atomic E-state index is 0.0927. The van der Waals surface area contributed by atoms with Gasteiger partial charge in [0.25, 0.3) is 0 Å². The van der Waals surface area contributed by atoms with Crippen LogP contribution in [-0.2, 0) is 21.7 Å². The number of nitriles is 2. The summed E-state index contributed by atoms with van der Waals surface area (Å²) in [5.41, 5.74) is 11.2. The molecule has 3 nitrogen and oxygen atoms in total. The van der Waals surface area contributed by atoms with Crippen molar-refractivity contribution >= 4 is 38.1 Å². The van der Waals surface area contributed by atoms with Crippen LogP contribution < -0.4 is 0 Å². The number of rotatable bonds is 0. The maximum Gasteiger partial charge on any atom is 0.0995 e. The Labute approximate surface area is 216 Å². The monoisotopic (exact) mass is 479 g/mol. The summed E-state index contributed by atoms with van der Waals surface area (Å²) in [5, 5.41) is 26.1. The summed E-state index contributed by atoms with van der Waals surface area (Å²) in [6.45, 7) is 9.61. The molecule has 0 aliphatic heterocycles. The number of nitrogens with zero attached hydrogens (tertiary/aromatic N) is 3. The van der Waals surface area contributed by atoms with E-state index in [1.54, 1.807) is 0 Å². The van der Waals surface area contributed by atoms with Crippen molar-refractivity contribution in [3.8, 4) is 12.1 Å². The lowest BCUT2D eigenvalue weighted by Gasteiger charge is -2.29. The van der Waals surface area contributed by atoms with Crippen molar-refractivity contribution in [1.82, 2.24) is 4.40 Å². The molecule has 2 heterocycles. The molecule has 3 heteroatoms. The van der Waals surface area contributed by atoms with E-state index in [0.717, 1.165) is 35.0 Å². The second-order valence-electron chi connectivity index (χ2n) is 14.0. The average Bonchev–Trinajstić information content (AvgIpc) is 3.66. The highest BCUT2D eigenvalue weighted by Gasteiger charge is 2.57. The zero-order chi connectivity index (χ0) is 25.3. The zero-order valence-electron chi connectivity index (χ0n) is 22.0. The Kier molecular flexibility index (Phi) is 3.12. The molecule has 180 valence electrons. The molecule has 3 aromatic carbocycles. The molecule has 4 aliphatic rings. The van der Waals surface area contributed by atoms with E-state index in [4.69, 9.17) is 0 Å². The SMILES string of the molecule is CC12CCC(C)(C1)c1c2c(C#N)cc2c1c1cccc3c4c5c(c(C#N)cc4n2c13)C1(C)CCC5(C)C1. The molecule has 9 rings (SSSR count). The highest BCUT2D eigenvalue weighted by Crippen LogP contribution is 2.66. The Bertz CT molecular complexity index is 1890. The summed E-state index contributed by atoms with van der Waals surface area (Å²) in [6, 6.07) is 16.4. The Morgan fingerprint density at radius 2 is 1.05 bits per heavy atom. The largest absolute Gasteiger partial charge is 0.308 e. The Morgan fingerprint density at radius 3 is 1.46 bits per heavy atom. The molecule has 4 atom stereocenters. The lowest BCUT2D eigenvalue weighted by Crippen LogP contribution is -2.20. The third-order valence-corrected chi connectivity index (χ3v) is 11.6. The second kappa shape index (κ2) is 5.63. The topological polar surface area (TPSA) is 52.0 Å². The molecular weight excluding hydrogens is 450 g/mol. The first-order chi connectivity index (χ1) is 17.7. The van der Waals surface area contributed by atoms with E-state index in [-0.39, 0.29) is 21.7 Å². The van der Waals surface area contributed by atoms with Crippen molar-refractivity contribution in [2.45, 2.75) is 87.9 Å². The summed E-state index contributed by atoms with van der Waals surface area (Å²) < 4.78 is 2.42. The molecule has 4 bridgehead atoms.